The number of phenols is 4. The molecule has 2 aliphatic carbocycles. The Morgan fingerprint density at radius 1 is 0.484 bits per heavy atom. The van der Waals surface area contributed by atoms with Gasteiger partial charge in [0.2, 0.25) is 23.1 Å². The minimum absolute atomic E-state index is 0.0356. The number of hydroxylamine groups is 3. The number of quaternary nitrogens is 2. The van der Waals surface area contributed by atoms with E-state index >= 15 is 0 Å². The number of likely N-dealkylation sites (N-methyl/N-ethyl adjacent to an activating group) is 4. The number of nitrogens with zero attached hydrogens (tertiary/aromatic N) is 4. The first kappa shape index (κ1) is 23.8. The molecule has 0 radical (unpaired) electrons. The molecule has 17 heteroatoms. The fourth-order valence-corrected chi connectivity index (χ4v) is 6.69. The van der Waals surface area contributed by atoms with Crippen LogP contribution in [0.15, 0.2) is 48.5 Å². The molecule has 0 bridgehead atoms. The van der Waals surface area contributed by atoms with Crippen molar-refractivity contribution in [3.8, 4) is 23.0 Å². The minimum Gasteiger partial charge on any atom is -0.633 e. The normalized spacial score (nSPS) is 20.6. The topological polar surface area (TPSA) is 227 Å². The number of hydrogen-bond acceptors (Lipinski definition) is 15. The smallest absolute Gasteiger partial charge is 0.200 e. The summed E-state index contributed by atoms with van der Waals surface area (Å²) in [5, 5.41) is 65.8. The molecule has 8 N–H and O–H groups in total. The Labute approximate surface area is 395 Å². The van der Waals surface area contributed by atoms with E-state index in [1.165, 1.54) is 18.2 Å². The minimum atomic E-state index is -3.47. The maximum absolute atomic E-state index is 13.7. The van der Waals surface area contributed by atoms with E-state index in [4.69, 9.17) is 32.9 Å². The van der Waals surface area contributed by atoms with E-state index in [0.29, 0.717) is 9.80 Å². The number of carbonyl (C=O) groups is 4. The summed E-state index contributed by atoms with van der Waals surface area (Å²) in [6.07, 6.45) is 0. The van der Waals surface area contributed by atoms with E-state index in [1.54, 1.807) is 0 Å². The lowest BCUT2D eigenvalue weighted by atomic mass is 9.81. The molecule has 0 saturated carbocycles. The van der Waals surface area contributed by atoms with Crippen LogP contribution in [-0.2, 0) is 0 Å². The maximum Gasteiger partial charge on any atom is 0.200 e. The van der Waals surface area contributed by atoms with Crippen molar-refractivity contribution in [1.82, 2.24) is 9.80 Å². The number of anilines is 4. The van der Waals surface area contributed by atoms with Gasteiger partial charge in [-0.3, -0.25) is 19.2 Å². The first-order valence-corrected chi connectivity index (χ1v) is 18.5. The molecular weight excluding hydrogens is 797 g/mol. The Hall–Kier alpha value is -6.24. The molecule has 4 aromatic carbocycles. The van der Waals surface area contributed by atoms with E-state index in [1.807, 2.05) is 0 Å². The Bertz CT molecular complexity index is 2990. The third kappa shape index (κ3) is 10.4. The van der Waals surface area contributed by atoms with Crippen LogP contribution >= 0.6 is 0 Å². The van der Waals surface area contributed by atoms with Gasteiger partial charge in [-0.15, -0.1) is 0 Å². The Morgan fingerprint density at radius 3 is 1.08 bits per heavy atom. The first-order chi connectivity index (χ1) is 38.9. The van der Waals surface area contributed by atoms with Gasteiger partial charge in [0.1, 0.15) is 23.0 Å². The van der Waals surface area contributed by atoms with Crippen LogP contribution in [-0.4, -0.2) is 178 Å². The van der Waals surface area contributed by atoms with Gasteiger partial charge >= 0.3 is 0 Å². The van der Waals surface area contributed by atoms with E-state index in [-0.39, 0.29) is 59.1 Å². The Balaban J connectivity index is 0.000000314. The number of rotatable bonds is 16. The number of carbonyl (C=O) groups excluding carboxylic acids is 4. The highest BCUT2D eigenvalue weighted by molar-refractivity contribution is 6.34. The van der Waals surface area contributed by atoms with E-state index in [9.17, 15) is 44.8 Å². The third-order valence-electron chi connectivity index (χ3n) is 9.47. The molecule has 0 fully saturated rings. The highest BCUT2D eigenvalue weighted by Crippen LogP contribution is 2.44. The monoisotopic (exact) mass is 880 g/mol. The first-order valence-electron chi connectivity index (χ1n) is 30.5. The molecule has 0 aliphatic heterocycles. The number of benzene rings is 4. The standard InChI is InChI=1S/C23H30N4O5.C22H28N4O4/c1-26(2,3)12-10-24-14-6-8-16(28)20-18(14)22(30)21-17(29)9-7-15(19(21)23(20)31)25-11-13-27(4,5)32;1-25(2)11-9-23-13-5-7-15(27)19-17(13)21(29)20-16(28)8-6-14(18(20)22(19)30)24-10-12-26(3)4/h6-9H,10-13H2,1-5H3,(H3-,24,25,28,29,30,31);5-8,23-24,27-28H,9-12H2,1-4H3/p+1/i1D3,2D3,4D3,5D3;1D3,2D3,3D3,4D3. The van der Waals surface area contributed by atoms with Gasteiger partial charge in [0.25, 0.3) is 0 Å². The predicted molar refractivity (Wildman–Crippen MR) is 240 cm³/mol. The number of phenolic OH excluding ortho intramolecular Hbond substituents is 4. The lowest BCUT2D eigenvalue weighted by Crippen LogP contribution is -2.38. The van der Waals surface area contributed by atoms with Crippen LogP contribution in [0.3, 0.4) is 0 Å². The molecule has 0 heterocycles. The predicted octanol–water partition coefficient (Wildman–Crippen LogP) is 3.80. The quantitative estimate of drug-likeness (QED) is 0.0393. The van der Waals surface area contributed by atoms with Crippen molar-refractivity contribution >= 4 is 45.9 Å². The zero-order valence-corrected chi connectivity index (χ0v) is 32.9. The lowest BCUT2D eigenvalue weighted by Gasteiger charge is -2.34. The van der Waals surface area contributed by atoms with Crippen LogP contribution in [0.25, 0.3) is 0 Å². The zero-order valence-electron chi connectivity index (χ0n) is 56.9. The summed E-state index contributed by atoms with van der Waals surface area (Å²) in [6.45, 7) is -28.6. The summed E-state index contributed by atoms with van der Waals surface area (Å²) >= 11 is 0. The second-order valence-corrected chi connectivity index (χ2v) is 14.2. The summed E-state index contributed by atoms with van der Waals surface area (Å²) in [4.78, 5) is 55.2. The molecule has 0 unspecified atom stereocenters. The fourth-order valence-electron chi connectivity index (χ4n) is 6.69. The molecule has 2 aliphatic rings. The molecule has 0 atom stereocenters. The largest absolute Gasteiger partial charge is 0.633 e. The van der Waals surface area contributed by atoms with E-state index < -0.39 is 172 Å². The number of nitrogens with one attached hydrogen (secondary N) is 4. The van der Waals surface area contributed by atoms with Crippen LogP contribution in [0.4, 0.5) is 22.7 Å². The van der Waals surface area contributed by atoms with Crippen molar-refractivity contribution in [2.24, 2.45) is 0 Å². The van der Waals surface area contributed by atoms with Crippen LogP contribution in [0.1, 0.15) is 96.6 Å². The van der Waals surface area contributed by atoms with Crippen LogP contribution in [0.2, 0.25) is 0 Å². The van der Waals surface area contributed by atoms with Crippen molar-refractivity contribution in [2.75, 3.05) is 136 Å². The van der Waals surface area contributed by atoms with Crippen LogP contribution in [0, 0.1) is 5.21 Å². The Kier molecular flexibility index (Phi) is 7.23. The summed E-state index contributed by atoms with van der Waals surface area (Å²) in [6, 6.07) is 9.14. The lowest BCUT2D eigenvalue weighted by molar-refractivity contribution is -0.868. The fraction of sp³-hybridized carbons (Fsp3) is 0.378. The van der Waals surface area contributed by atoms with Crippen molar-refractivity contribution in [1.29, 1.82) is 0 Å². The molecule has 0 saturated heterocycles. The summed E-state index contributed by atoms with van der Waals surface area (Å²) in [5.41, 5.74) is -3.69. The number of ketones is 4. The molecule has 0 amide bonds. The molecule has 62 heavy (non-hydrogen) atoms. The third-order valence-corrected chi connectivity index (χ3v) is 9.47. The van der Waals surface area contributed by atoms with Gasteiger partial charge in [-0.1, -0.05) is 0 Å². The highest BCUT2D eigenvalue weighted by atomic mass is 16.5. The molecule has 17 nitrogen and oxygen atoms in total. The van der Waals surface area contributed by atoms with Crippen molar-refractivity contribution < 1.29 is 81.6 Å². The van der Waals surface area contributed by atoms with E-state index in [0.717, 1.165) is 37.4 Å². The van der Waals surface area contributed by atoms with E-state index in [2.05, 4.69) is 21.3 Å². The molecule has 0 aromatic heterocycles. The second-order valence-electron chi connectivity index (χ2n) is 14.2. The summed E-state index contributed by atoms with van der Waals surface area (Å²) in [5.74, 6) is -6.14. The highest BCUT2D eigenvalue weighted by Gasteiger charge is 2.39. The van der Waals surface area contributed by atoms with Gasteiger partial charge in [0, 0.05) is 65.4 Å². The average molecular weight is 880 g/mol. The second kappa shape index (κ2) is 18.8. The molecule has 6 rings (SSSR count). The number of aromatic hydroxyl groups is 4. The van der Waals surface area contributed by atoms with Gasteiger partial charge < -0.3 is 65.8 Å². The SMILES string of the molecule is [2H]C([2H])([2H])N(CCNc1ccc(O)c2c1C(=O)c1c(O)ccc(NCCN(C([2H])([2H])[2H])C([2H])([2H])[2H])c1C2=O)C([2H])([2H])[2H].[2H]C([2H])([2H])[N+](C)(CCNc1ccc(O)c2c1C(=O)c1c(O)ccc(NCC[N+]([O-])(C([2H])([2H])[2H])C([2H])([2H])[2H])c1C2=O)C([2H])([2H])[2H]. The van der Waals surface area contributed by atoms with Gasteiger partial charge in [0.05, 0.1) is 122 Å². The summed E-state index contributed by atoms with van der Waals surface area (Å²) in [7, 11) is 1.03. The molecule has 332 valence electrons. The van der Waals surface area contributed by atoms with Crippen molar-refractivity contribution in [3.05, 3.63) is 98.2 Å². The molecule has 4 aromatic rings. The molecular formula is C45H59N8O9+. The molecule has 0 spiro atoms. The number of hydrogen-bond donors (Lipinski definition) is 8. The van der Waals surface area contributed by atoms with Gasteiger partial charge in [-0.25, -0.2) is 0 Å². The maximum atomic E-state index is 13.7. The Morgan fingerprint density at radius 2 is 0.790 bits per heavy atom. The van der Waals surface area contributed by atoms with Crippen molar-refractivity contribution in [3.63, 3.8) is 0 Å². The average Bonchev–Trinajstić information content (AvgIpc) is 0.784. The number of fused-ring (bicyclic) bond motifs is 4. The van der Waals surface area contributed by atoms with Gasteiger partial charge in [-0.05, 0) is 76.4 Å². The van der Waals surface area contributed by atoms with Crippen LogP contribution in [0.5, 0.6) is 23.0 Å². The van der Waals surface area contributed by atoms with Crippen molar-refractivity contribution in [2.45, 2.75) is 0 Å². The van der Waals surface area contributed by atoms with Crippen LogP contribution < -0.4 is 21.3 Å². The zero-order chi connectivity index (χ0) is 65.8. The summed E-state index contributed by atoms with van der Waals surface area (Å²) < 4.78 is 176. The van der Waals surface area contributed by atoms with Gasteiger partial charge in [-0.2, -0.15) is 0 Å². The van der Waals surface area contributed by atoms with Gasteiger partial charge in [0.15, 0.2) is 0 Å².